The molecule has 0 radical (unpaired) electrons. The topological polar surface area (TPSA) is 227 Å². The van der Waals surface area contributed by atoms with Gasteiger partial charge in [-0.15, -0.1) is 0 Å². The molecule has 44 heavy (non-hydrogen) atoms. The van der Waals surface area contributed by atoms with E-state index in [9.17, 15) is 33.3 Å². The number of aliphatic carboxylic acids is 1. The van der Waals surface area contributed by atoms with Gasteiger partial charge >= 0.3 is 5.97 Å². The van der Waals surface area contributed by atoms with Crippen LogP contribution in [0.3, 0.4) is 0 Å². The number of aromatic amines is 1. The van der Waals surface area contributed by atoms with Crippen molar-refractivity contribution in [2.75, 3.05) is 12.0 Å². The van der Waals surface area contributed by atoms with Crippen LogP contribution in [0.4, 0.5) is 0 Å². The second-order valence-corrected chi connectivity index (χ2v) is 13.1. The number of halogens is 1. The van der Waals surface area contributed by atoms with Gasteiger partial charge in [0.25, 0.3) is 0 Å². The monoisotopic (exact) mass is 738 g/mol. The highest BCUT2D eigenvalue weighted by atomic mass is 127. The molecule has 4 amide bonds. The molecular weight excluding hydrogens is 703 g/mol. The van der Waals surface area contributed by atoms with E-state index in [0.717, 1.165) is 20.0 Å². The molecule has 1 unspecified atom stereocenters. The molecule has 3 aromatic rings. The Labute approximate surface area is 269 Å². The van der Waals surface area contributed by atoms with Crippen LogP contribution in [0, 0.1) is 3.57 Å². The Kier molecular flexibility index (Phi) is 12.8. The van der Waals surface area contributed by atoms with Gasteiger partial charge in [-0.1, -0.05) is 30.3 Å². The lowest BCUT2D eigenvalue weighted by Gasteiger charge is -2.25. The first-order chi connectivity index (χ1) is 20.8. The first kappa shape index (κ1) is 34.7. The van der Waals surface area contributed by atoms with Crippen LogP contribution in [0.15, 0.2) is 54.7 Å². The van der Waals surface area contributed by atoms with Crippen LogP contribution in [-0.2, 0) is 47.6 Å². The fourth-order valence-electron chi connectivity index (χ4n) is 4.51. The highest BCUT2D eigenvalue weighted by molar-refractivity contribution is 14.1. The van der Waals surface area contributed by atoms with Gasteiger partial charge in [0, 0.05) is 49.9 Å². The summed E-state index contributed by atoms with van der Waals surface area (Å²) in [5.74, 6) is -4.70. The van der Waals surface area contributed by atoms with Crippen LogP contribution in [0.25, 0.3) is 10.9 Å². The number of carbonyl (C=O) groups is 5. The highest BCUT2D eigenvalue weighted by Gasteiger charge is 2.31. The molecule has 0 aliphatic carbocycles. The number of para-hydroxylation sites is 1. The van der Waals surface area contributed by atoms with Crippen molar-refractivity contribution < 1.29 is 33.3 Å². The lowest BCUT2D eigenvalue weighted by molar-refractivity contribution is -0.141. The minimum Gasteiger partial charge on any atom is -0.481 e. The molecule has 2 aromatic carbocycles. The summed E-state index contributed by atoms with van der Waals surface area (Å²) in [5, 5.41) is 17.7. The lowest BCUT2D eigenvalue weighted by atomic mass is 10.0. The summed E-state index contributed by atoms with van der Waals surface area (Å²) in [6.07, 6.45) is 2.49. The summed E-state index contributed by atoms with van der Waals surface area (Å²) in [6.45, 7) is 0. The largest absolute Gasteiger partial charge is 0.481 e. The van der Waals surface area contributed by atoms with Crippen molar-refractivity contribution in [3.05, 3.63) is 69.4 Å². The predicted molar refractivity (Wildman–Crippen MR) is 174 cm³/mol. The molecule has 15 heteroatoms. The van der Waals surface area contributed by atoms with Gasteiger partial charge in [-0.2, -0.15) is 0 Å². The second kappa shape index (κ2) is 16.3. The van der Waals surface area contributed by atoms with Gasteiger partial charge < -0.3 is 37.5 Å². The number of aromatic nitrogens is 1. The molecule has 3 rings (SSSR count). The van der Waals surface area contributed by atoms with Gasteiger partial charge in [-0.25, -0.2) is 0 Å². The molecule has 5 atom stereocenters. The Hall–Kier alpha value is -3.83. The smallest absolute Gasteiger partial charge is 0.305 e. The number of fused-ring (bicyclic) bond motifs is 1. The first-order valence-electron chi connectivity index (χ1n) is 13.6. The molecule has 0 aliphatic heterocycles. The Morgan fingerprint density at radius 1 is 0.932 bits per heavy atom. The number of amides is 4. The summed E-state index contributed by atoms with van der Waals surface area (Å²) in [7, 11) is -1.33. The molecule has 0 spiro atoms. The molecule has 0 aliphatic rings. The first-order valence-corrected chi connectivity index (χ1v) is 16.4. The molecule has 0 bridgehead atoms. The van der Waals surface area contributed by atoms with Crippen LogP contribution in [0.2, 0.25) is 0 Å². The number of H-pyrrole nitrogens is 1. The van der Waals surface area contributed by atoms with Gasteiger partial charge in [-0.3, -0.25) is 28.2 Å². The summed E-state index contributed by atoms with van der Waals surface area (Å²) in [5.41, 5.74) is 14.1. The maximum atomic E-state index is 13.3. The quantitative estimate of drug-likeness (QED) is 0.0994. The number of nitrogens with one attached hydrogen (secondary N) is 4. The highest BCUT2D eigenvalue weighted by Crippen LogP contribution is 2.19. The molecule has 0 saturated carbocycles. The third-order valence-corrected chi connectivity index (χ3v) is 8.26. The number of hydrogen-bond donors (Lipinski definition) is 7. The summed E-state index contributed by atoms with van der Waals surface area (Å²) in [6, 6.07) is 9.53. The van der Waals surface area contributed by atoms with Crippen molar-refractivity contribution in [1.82, 2.24) is 20.9 Å². The molecule has 0 saturated heterocycles. The minimum atomic E-state index is -1.61. The summed E-state index contributed by atoms with van der Waals surface area (Å²) < 4.78 is 12.7. The van der Waals surface area contributed by atoms with E-state index in [1.807, 2.05) is 30.3 Å². The van der Waals surface area contributed by atoms with E-state index in [-0.39, 0.29) is 25.0 Å². The number of primary amides is 1. The Balaban J connectivity index is 1.72. The van der Waals surface area contributed by atoms with E-state index in [4.69, 9.17) is 11.5 Å². The Morgan fingerprint density at radius 3 is 2.25 bits per heavy atom. The van der Waals surface area contributed by atoms with Gasteiger partial charge in [0.15, 0.2) is 0 Å². The lowest BCUT2D eigenvalue weighted by Crippen LogP contribution is -2.58. The number of rotatable bonds is 16. The Bertz CT molecular complexity index is 1550. The number of nitrogens with two attached hydrogens (primary N) is 2. The average Bonchev–Trinajstić information content (AvgIpc) is 3.36. The number of carbonyl (C=O) groups excluding carboxylic acids is 4. The summed E-state index contributed by atoms with van der Waals surface area (Å²) in [4.78, 5) is 66.3. The van der Waals surface area contributed by atoms with Crippen molar-refractivity contribution in [1.29, 1.82) is 0 Å². The molecule has 236 valence electrons. The van der Waals surface area contributed by atoms with Gasteiger partial charge in [0.2, 0.25) is 23.6 Å². The predicted octanol–water partition coefficient (Wildman–Crippen LogP) is 0.0680. The van der Waals surface area contributed by atoms with Crippen LogP contribution in [0.1, 0.15) is 24.0 Å². The van der Waals surface area contributed by atoms with Crippen LogP contribution in [0.5, 0.6) is 0 Å². The third kappa shape index (κ3) is 10.4. The Morgan fingerprint density at radius 2 is 1.59 bits per heavy atom. The van der Waals surface area contributed by atoms with Crippen LogP contribution < -0.4 is 27.4 Å². The van der Waals surface area contributed by atoms with E-state index in [0.29, 0.717) is 5.56 Å². The molecule has 1 heterocycles. The third-order valence-electron chi connectivity index (χ3n) is 6.78. The number of hydrogen-bond acceptors (Lipinski definition) is 7. The maximum absolute atomic E-state index is 13.3. The van der Waals surface area contributed by atoms with E-state index < -0.39 is 71.0 Å². The summed E-state index contributed by atoms with van der Waals surface area (Å²) >= 11 is 2.09. The fraction of sp³-hybridized carbons (Fsp3) is 0.345. The second-order valence-electron chi connectivity index (χ2n) is 10.3. The number of carboxylic acids is 1. The molecule has 0 fully saturated rings. The van der Waals surface area contributed by atoms with Crippen molar-refractivity contribution in [2.24, 2.45) is 11.5 Å². The van der Waals surface area contributed by atoms with E-state index >= 15 is 0 Å². The van der Waals surface area contributed by atoms with Crippen molar-refractivity contribution in [2.45, 2.75) is 49.9 Å². The minimum absolute atomic E-state index is 0.0332. The average molecular weight is 739 g/mol. The van der Waals surface area contributed by atoms with E-state index in [2.05, 4.69) is 43.5 Å². The molecular formula is C29H35IN6O7S. The van der Waals surface area contributed by atoms with Crippen molar-refractivity contribution >= 4 is 73.9 Å². The number of benzene rings is 2. The zero-order valence-electron chi connectivity index (χ0n) is 23.9. The van der Waals surface area contributed by atoms with Gasteiger partial charge in [-0.05, 0) is 64.8 Å². The number of carboxylic acid groups (broad SMARTS) is 1. The van der Waals surface area contributed by atoms with Crippen LogP contribution in [-0.4, -0.2) is 80.1 Å². The maximum Gasteiger partial charge on any atom is 0.305 e. The van der Waals surface area contributed by atoms with Crippen molar-refractivity contribution in [3.8, 4) is 0 Å². The SMILES string of the molecule is CS(=O)CC[C@H](NC(=O)[C@H](N)Cc1c[nH]c2ccccc12)C(=O)N[C@@H](CC(=O)O)C(=O)N[C@@H](Cc1cccc(I)c1)C(N)=O. The van der Waals surface area contributed by atoms with Gasteiger partial charge in [0.05, 0.1) is 12.5 Å². The zero-order chi connectivity index (χ0) is 32.4. The van der Waals surface area contributed by atoms with Gasteiger partial charge in [0.1, 0.15) is 18.1 Å². The van der Waals surface area contributed by atoms with E-state index in [1.54, 1.807) is 24.4 Å². The zero-order valence-corrected chi connectivity index (χ0v) is 26.9. The molecule has 13 nitrogen and oxygen atoms in total. The fourth-order valence-corrected chi connectivity index (χ4v) is 5.69. The normalized spacial score (nSPS) is 14.5. The van der Waals surface area contributed by atoms with Crippen LogP contribution >= 0.6 is 22.6 Å². The van der Waals surface area contributed by atoms with E-state index in [1.165, 1.54) is 6.26 Å². The standard InChI is InChI=1S/C29H35IN6O7S/c1-44(43)10-9-22(34-27(40)20(31)13-17-15-33-21-8-3-2-7-19(17)21)28(41)36-24(14-25(37)38)29(42)35-23(26(32)39)12-16-5-4-6-18(30)11-16/h2-8,11,15,20,22-24,33H,9-10,12-14,31H2,1H3,(H2,32,39)(H,34,40)(H,35,42)(H,36,41)(H,37,38)/t20-,22+,23+,24+,44?/m1/s1. The van der Waals surface area contributed by atoms with Crippen molar-refractivity contribution in [3.63, 3.8) is 0 Å². The molecule has 1 aromatic heterocycles. The molecule has 9 N–H and O–H groups in total.